The summed E-state index contributed by atoms with van der Waals surface area (Å²) in [6, 6.07) is 4.10. The van der Waals surface area contributed by atoms with Crippen LogP contribution in [0.15, 0.2) is 18.2 Å². The van der Waals surface area contributed by atoms with Crippen molar-refractivity contribution in [2.45, 2.75) is 25.8 Å². The second-order valence-corrected chi connectivity index (χ2v) is 4.44. The van der Waals surface area contributed by atoms with E-state index < -0.39 is 5.82 Å². The zero-order valence-electron chi connectivity index (χ0n) is 9.82. The predicted molar refractivity (Wildman–Crippen MR) is 62.3 cm³/mol. The summed E-state index contributed by atoms with van der Waals surface area (Å²) in [6.45, 7) is 2.40. The zero-order valence-corrected chi connectivity index (χ0v) is 9.82. The molecule has 92 valence electrons. The van der Waals surface area contributed by atoms with Crippen LogP contribution in [0, 0.1) is 12.7 Å². The first-order valence-corrected chi connectivity index (χ1v) is 5.81. The molecule has 2 rings (SSSR count). The fourth-order valence-corrected chi connectivity index (χ4v) is 2.27. The minimum Gasteiger partial charge on any atom is -0.394 e. The van der Waals surface area contributed by atoms with Gasteiger partial charge in [-0.2, -0.15) is 0 Å². The summed E-state index contributed by atoms with van der Waals surface area (Å²) in [6.07, 6.45) is 1.71. The first kappa shape index (κ1) is 12.0. The molecule has 1 aromatic carbocycles. The maximum atomic E-state index is 13.2. The highest BCUT2D eigenvalue weighted by molar-refractivity contribution is 5.96. The maximum Gasteiger partial charge on any atom is 0.254 e. The van der Waals surface area contributed by atoms with Crippen molar-refractivity contribution in [1.82, 2.24) is 4.90 Å². The Bertz CT molecular complexity index is 433. The number of aryl methyl sites for hydroxylation is 1. The molecular formula is C13H16FNO2. The van der Waals surface area contributed by atoms with Gasteiger partial charge >= 0.3 is 0 Å². The minimum absolute atomic E-state index is 0.0277. The van der Waals surface area contributed by atoms with Crippen LogP contribution >= 0.6 is 0 Å². The molecule has 3 nitrogen and oxygen atoms in total. The van der Waals surface area contributed by atoms with E-state index >= 15 is 0 Å². The molecule has 1 saturated heterocycles. The Morgan fingerprint density at radius 3 is 3.06 bits per heavy atom. The van der Waals surface area contributed by atoms with Gasteiger partial charge in [0.05, 0.1) is 12.6 Å². The second-order valence-electron chi connectivity index (χ2n) is 4.44. The number of carbonyl (C=O) groups excluding carboxylic acids is 1. The maximum absolute atomic E-state index is 13.2. The standard InChI is InChI=1S/C13H16FNO2/c1-9-4-5-10(14)7-12(9)13(17)15-6-2-3-11(15)8-16/h4-5,7,11,16H,2-3,6,8H2,1H3/t11-/m0/s1. The van der Waals surface area contributed by atoms with Crippen LogP contribution in [0.25, 0.3) is 0 Å². The van der Waals surface area contributed by atoms with Gasteiger partial charge in [0.1, 0.15) is 5.82 Å². The summed E-state index contributed by atoms with van der Waals surface area (Å²) in [5, 5.41) is 9.19. The second kappa shape index (κ2) is 4.84. The number of likely N-dealkylation sites (tertiary alicyclic amines) is 1. The molecule has 0 bridgehead atoms. The van der Waals surface area contributed by atoms with Crippen LogP contribution in [0.4, 0.5) is 4.39 Å². The average molecular weight is 237 g/mol. The Labute approximate surface area is 99.9 Å². The molecule has 0 radical (unpaired) electrons. The van der Waals surface area contributed by atoms with Crippen LogP contribution in [0.3, 0.4) is 0 Å². The van der Waals surface area contributed by atoms with Crippen molar-refractivity contribution in [1.29, 1.82) is 0 Å². The van der Waals surface area contributed by atoms with Crippen LogP contribution in [0.5, 0.6) is 0 Å². The molecular weight excluding hydrogens is 221 g/mol. The van der Waals surface area contributed by atoms with Gasteiger partial charge in [0.15, 0.2) is 0 Å². The van der Waals surface area contributed by atoms with Gasteiger partial charge < -0.3 is 10.0 Å². The largest absolute Gasteiger partial charge is 0.394 e. The van der Waals surface area contributed by atoms with E-state index in [0.29, 0.717) is 12.1 Å². The average Bonchev–Trinajstić information content (AvgIpc) is 2.79. The first-order valence-electron chi connectivity index (χ1n) is 5.81. The van der Waals surface area contributed by atoms with Crippen molar-refractivity contribution >= 4 is 5.91 Å². The quantitative estimate of drug-likeness (QED) is 0.851. The molecule has 0 aliphatic carbocycles. The SMILES string of the molecule is Cc1ccc(F)cc1C(=O)N1CCC[C@H]1CO. The fraction of sp³-hybridized carbons (Fsp3) is 0.462. The van der Waals surface area contributed by atoms with Crippen LogP contribution in [-0.2, 0) is 0 Å². The third-order valence-corrected chi connectivity index (χ3v) is 3.28. The number of nitrogens with zero attached hydrogens (tertiary/aromatic N) is 1. The summed E-state index contributed by atoms with van der Waals surface area (Å²) in [5.41, 5.74) is 1.16. The third-order valence-electron chi connectivity index (χ3n) is 3.28. The Hall–Kier alpha value is -1.42. The molecule has 1 N–H and O–H groups in total. The van der Waals surface area contributed by atoms with Crippen molar-refractivity contribution < 1.29 is 14.3 Å². The van der Waals surface area contributed by atoms with Crippen molar-refractivity contribution in [2.75, 3.05) is 13.2 Å². The molecule has 0 unspecified atom stereocenters. The minimum atomic E-state index is -0.404. The van der Waals surface area contributed by atoms with E-state index in [1.54, 1.807) is 17.9 Å². The van der Waals surface area contributed by atoms with Crippen molar-refractivity contribution in [3.8, 4) is 0 Å². The van der Waals surface area contributed by atoms with Crippen LogP contribution in [0.1, 0.15) is 28.8 Å². The lowest BCUT2D eigenvalue weighted by atomic mass is 10.1. The van der Waals surface area contributed by atoms with Crippen molar-refractivity contribution in [3.05, 3.63) is 35.1 Å². The number of rotatable bonds is 2. The first-order chi connectivity index (χ1) is 8.13. The summed E-state index contributed by atoms with van der Waals surface area (Å²) in [4.78, 5) is 13.9. The zero-order chi connectivity index (χ0) is 12.4. The predicted octanol–water partition coefficient (Wildman–Crippen LogP) is 1.73. The summed E-state index contributed by atoms with van der Waals surface area (Å²) < 4.78 is 13.2. The topological polar surface area (TPSA) is 40.5 Å². The van der Waals surface area contributed by atoms with Crippen LogP contribution in [-0.4, -0.2) is 35.1 Å². The van der Waals surface area contributed by atoms with Crippen molar-refractivity contribution in [2.24, 2.45) is 0 Å². The van der Waals surface area contributed by atoms with E-state index in [0.717, 1.165) is 18.4 Å². The van der Waals surface area contributed by atoms with E-state index in [4.69, 9.17) is 0 Å². The highest BCUT2D eigenvalue weighted by Gasteiger charge is 2.29. The molecule has 1 aromatic rings. The molecule has 1 heterocycles. The van der Waals surface area contributed by atoms with E-state index in [9.17, 15) is 14.3 Å². The highest BCUT2D eigenvalue weighted by Crippen LogP contribution is 2.21. The van der Waals surface area contributed by atoms with Gasteiger partial charge in [-0.05, 0) is 37.5 Å². The molecule has 0 saturated carbocycles. The van der Waals surface area contributed by atoms with E-state index in [2.05, 4.69) is 0 Å². The van der Waals surface area contributed by atoms with Gasteiger partial charge in [0.2, 0.25) is 0 Å². The molecule has 1 fully saturated rings. The van der Waals surface area contributed by atoms with E-state index in [1.165, 1.54) is 12.1 Å². The fourth-order valence-electron chi connectivity index (χ4n) is 2.27. The molecule has 4 heteroatoms. The van der Waals surface area contributed by atoms with Crippen LogP contribution in [0.2, 0.25) is 0 Å². The molecule has 1 atom stereocenters. The molecule has 1 aliphatic rings. The third kappa shape index (κ3) is 2.31. The Kier molecular flexibility index (Phi) is 3.43. The number of amides is 1. The summed E-state index contributed by atoms with van der Waals surface area (Å²) in [5.74, 6) is -0.586. The lowest BCUT2D eigenvalue weighted by Crippen LogP contribution is -2.38. The number of benzene rings is 1. The number of hydrogen-bond acceptors (Lipinski definition) is 2. The molecule has 1 aliphatic heterocycles. The van der Waals surface area contributed by atoms with Gasteiger partial charge in [0, 0.05) is 12.1 Å². The van der Waals surface area contributed by atoms with E-state index in [-0.39, 0.29) is 18.6 Å². The number of aliphatic hydroxyl groups excluding tert-OH is 1. The van der Waals surface area contributed by atoms with E-state index in [1.807, 2.05) is 0 Å². The highest BCUT2D eigenvalue weighted by atomic mass is 19.1. The summed E-state index contributed by atoms with van der Waals surface area (Å²) >= 11 is 0. The lowest BCUT2D eigenvalue weighted by molar-refractivity contribution is 0.0676. The molecule has 1 amide bonds. The Morgan fingerprint density at radius 1 is 1.59 bits per heavy atom. The van der Waals surface area contributed by atoms with Gasteiger partial charge in [-0.3, -0.25) is 4.79 Å². The van der Waals surface area contributed by atoms with Gasteiger partial charge in [-0.1, -0.05) is 6.07 Å². The van der Waals surface area contributed by atoms with Gasteiger partial charge in [-0.25, -0.2) is 4.39 Å². The Morgan fingerprint density at radius 2 is 2.35 bits per heavy atom. The number of halogens is 1. The normalized spacial score (nSPS) is 19.7. The number of carbonyl (C=O) groups is 1. The smallest absolute Gasteiger partial charge is 0.254 e. The molecule has 0 aromatic heterocycles. The number of aliphatic hydroxyl groups is 1. The van der Waals surface area contributed by atoms with Gasteiger partial charge in [0.25, 0.3) is 5.91 Å². The monoisotopic (exact) mass is 237 g/mol. The molecule has 17 heavy (non-hydrogen) atoms. The molecule has 0 spiro atoms. The van der Waals surface area contributed by atoms with Gasteiger partial charge in [-0.15, -0.1) is 0 Å². The summed E-state index contributed by atoms with van der Waals surface area (Å²) in [7, 11) is 0. The van der Waals surface area contributed by atoms with Crippen LogP contribution < -0.4 is 0 Å². The number of hydrogen-bond donors (Lipinski definition) is 1. The lowest BCUT2D eigenvalue weighted by Gasteiger charge is -2.23. The Balaban J connectivity index is 2.27. The van der Waals surface area contributed by atoms with Crippen molar-refractivity contribution in [3.63, 3.8) is 0 Å².